The number of nitrogens with zero attached hydrogens (tertiary/aromatic N) is 1. The van der Waals surface area contributed by atoms with Gasteiger partial charge in [-0.05, 0) is 12.8 Å². The van der Waals surface area contributed by atoms with Crippen molar-refractivity contribution in [2.45, 2.75) is 25.3 Å². The second kappa shape index (κ2) is 7.57. The molecule has 0 aromatic heterocycles. The number of rotatable bonds is 6. The van der Waals surface area contributed by atoms with Crippen molar-refractivity contribution in [3.8, 4) is 0 Å². The van der Waals surface area contributed by atoms with E-state index in [0.29, 0.717) is 0 Å². The Hall–Kier alpha value is -1.83. The van der Waals surface area contributed by atoms with Crippen LogP contribution in [0.15, 0.2) is 0 Å². The van der Waals surface area contributed by atoms with E-state index < -0.39 is 24.6 Å². The third-order valence-electron chi connectivity index (χ3n) is 2.87. The van der Waals surface area contributed by atoms with Gasteiger partial charge in [-0.15, -0.1) is 0 Å². The molecule has 0 radical (unpaired) electrons. The van der Waals surface area contributed by atoms with Crippen LogP contribution < -0.4 is 10.6 Å². The number of aliphatic carboxylic acids is 1. The molecular formula is C11H19N3O5. The second-order valence-corrected chi connectivity index (χ2v) is 4.31. The lowest BCUT2D eigenvalue weighted by molar-refractivity contribution is -0.140. The number of hydrogen-bond donors (Lipinski definition) is 4. The number of carbonyl (C=O) groups is 3. The molecule has 0 saturated carbocycles. The average Bonchev–Trinajstić information content (AvgIpc) is 2.89. The van der Waals surface area contributed by atoms with Gasteiger partial charge in [0.15, 0.2) is 6.04 Å². The molecule has 0 aromatic rings. The maximum atomic E-state index is 11.6. The van der Waals surface area contributed by atoms with E-state index in [0.717, 1.165) is 25.9 Å². The zero-order valence-corrected chi connectivity index (χ0v) is 10.6. The summed E-state index contributed by atoms with van der Waals surface area (Å²) in [4.78, 5) is 35.2. The summed E-state index contributed by atoms with van der Waals surface area (Å²) >= 11 is 0. The zero-order valence-electron chi connectivity index (χ0n) is 10.6. The Morgan fingerprint density at radius 2 is 1.84 bits per heavy atom. The van der Waals surface area contributed by atoms with Crippen molar-refractivity contribution in [1.82, 2.24) is 15.5 Å². The second-order valence-electron chi connectivity index (χ2n) is 4.31. The van der Waals surface area contributed by atoms with E-state index in [1.54, 1.807) is 4.90 Å². The summed E-state index contributed by atoms with van der Waals surface area (Å²) < 4.78 is 0. The Morgan fingerprint density at radius 1 is 1.21 bits per heavy atom. The summed E-state index contributed by atoms with van der Waals surface area (Å²) in [7, 11) is 0. The van der Waals surface area contributed by atoms with Crippen LogP contribution in [0.3, 0.4) is 0 Å². The lowest BCUT2D eigenvalue weighted by Crippen LogP contribution is -2.48. The van der Waals surface area contributed by atoms with E-state index in [9.17, 15) is 14.4 Å². The van der Waals surface area contributed by atoms with Crippen molar-refractivity contribution in [2.75, 3.05) is 26.2 Å². The van der Waals surface area contributed by atoms with Gasteiger partial charge in [-0.3, -0.25) is 4.79 Å². The van der Waals surface area contributed by atoms with Crippen molar-refractivity contribution in [2.24, 2.45) is 0 Å². The molecule has 8 nitrogen and oxygen atoms in total. The summed E-state index contributed by atoms with van der Waals surface area (Å²) in [5.74, 6) is -1.33. The first-order chi connectivity index (χ1) is 9.04. The van der Waals surface area contributed by atoms with Gasteiger partial charge in [-0.1, -0.05) is 0 Å². The summed E-state index contributed by atoms with van der Waals surface area (Å²) in [5, 5.41) is 21.8. The Kier molecular flexibility index (Phi) is 6.07. The molecule has 1 aliphatic rings. The summed E-state index contributed by atoms with van der Waals surface area (Å²) in [6, 6.07) is -2.05. The highest BCUT2D eigenvalue weighted by atomic mass is 16.4. The third-order valence-corrected chi connectivity index (χ3v) is 2.87. The largest absolute Gasteiger partial charge is 0.480 e. The number of urea groups is 1. The van der Waals surface area contributed by atoms with Crippen LogP contribution in [0.1, 0.15) is 19.3 Å². The number of carboxylic acid groups (broad SMARTS) is 1. The number of aliphatic hydroxyl groups excluding tert-OH is 1. The zero-order chi connectivity index (χ0) is 14.3. The normalized spacial score (nSPS) is 15.9. The van der Waals surface area contributed by atoms with Gasteiger partial charge in [-0.25, -0.2) is 9.59 Å². The van der Waals surface area contributed by atoms with Gasteiger partial charge in [0.25, 0.3) is 0 Å². The highest BCUT2D eigenvalue weighted by molar-refractivity contribution is 5.83. The smallest absolute Gasteiger partial charge is 0.328 e. The molecular weight excluding hydrogens is 254 g/mol. The fourth-order valence-electron chi connectivity index (χ4n) is 1.80. The lowest BCUT2D eigenvalue weighted by Gasteiger charge is -2.16. The number of nitrogens with one attached hydrogen (secondary N) is 2. The first kappa shape index (κ1) is 15.2. The van der Waals surface area contributed by atoms with Gasteiger partial charge in [0.05, 0.1) is 6.61 Å². The molecule has 19 heavy (non-hydrogen) atoms. The fourth-order valence-corrected chi connectivity index (χ4v) is 1.80. The lowest BCUT2D eigenvalue weighted by atomic mass is 10.3. The van der Waals surface area contributed by atoms with Crippen LogP contribution in [-0.2, 0) is 9.59 Å². The predicted molar refractivity (Wildman–Crippen MR) is 65.5 cm³/mol. The van der Waals surface area contributed by atoms with Gasteiger partial charge < -0.3 is 25.7 Å². The van der Waals surface area contributed by atoms with Crippen LogP contribution in [-0.4, -0.2) is 65.3 Å². The number of aliphatic hydroxyl groups is 1. The molecule has 0 bridgehead atoms. The monoisotopic (exact) mass is 273 g/mol. The molecule has 0 aliphatic carbocycles. The summed E-state index contributed by atoms with van der Waals surface area (Å²) in [6.45, 7) is 0.974. The molecule has 4 N–H and O–H groups in total. The minimum atomic E-state index is -1.34. The quantitative estimate of drug-likeness (QED) is 0.482. The Labute approximate surface area is 110 Å². The highest BCUT2D eigenvalue weighted by Gasteiger charge is 2.20. The van der Waals surface area contributed by atoms with E-state index in [2.05, 4.69) is 10.6 Å². The standard InChI is InChI=1S/C11H19N3O5/c15-7-8(10(17)18)13-11(19)12-4-3-9(16)14-5-1-2-6-14/h8,15H,1-7H2,(H,17,18)(H2,12,13,19)/t8-/m0/s1. The first-order valence-corrected chi connectivity index (χ1v) is 6.20. The highest BCUT2D eigenvalue weighted by Crippen LogP contribution is 2.08. The molecule has 0 spiro atoms. The van der Waals surface area contributed by atoms with Crippen LogP contribution in [0.4, 0.5) is 4.79 Å². The van der Waals surface area contributed by atoms with Gasteiger partial charge >= 0.3 is 12.0 Å². The molecule has 1 aliphatic heterocycles. The molecule has 1 fully saturated rings. The maximum Gasteiger partial charge on any atom is 0.328 e. The summed E-state index contributed by atoms with van der Waals surface area (Å²) in [6.07, 6.45) is 2.21. The van der Waals surface area contributed by atoms with Crippen molar-refractivity contribution < 1.29 is 24.6 Å². The van der Waals surface area contributed by atoms with Crippen LogP contribution in [0, 0.1) is 0 Å². The number of likely N-dealkylation sites (tertiary alicyclic amines) is 1. The van der Waals surface area contributed by atoms with Crippen molar-refractivity contribution >= 4 is 17.9 Å². The van der Waals surface area contributed by atoms with Crippen molar-refractivity contribution in [3.63, 3.8) is 0 Å². The number of carbonyl (C=O) groups excluding carboxylic acids is 2. The number of amides is 3. The predicted octanol–water partition coefficient (Wildman–Crippen LogP) is -1.26. The molecule has 1 saturated heterocycles. The Balaban J connectivity index is 2.19. The van der Waals surface area contributed by atoms with Crippen molar-refractivity contribution in [1.29, 1.82) is 0 Å². The minimum absolute atomic E-state index is 0.0188. The SMILES string of the molecule is O=C(NCCC(=O)N1CCCC1)N[C@@H](CO)C(=O)O. The van der Waals surface area contributed by atoms with Gasteiger partial charge in [-0.2, -0.15) is 0 Å². The van der Waals surface area contributed by atoms with E-state index in [1.165, 1.54) is 0 Å². The molecule has 0 unspecified atom stereocenters. The molecule has 0 aromatic carbocycles. The number of hydrogen-bond acceptors (Lipinski definition) is 4. The summed E-state index contributed by atoms with van der Waals surface area (Å²) in [5.41, 5.74) is 0. The minimum Gasteiger partial charge on any atom is -0.480 e. The number of carboxylic acids is 1. The van der Waals surface area contributed by atoms with Gasteiger partial charge in [0, 0.05) is 26.1 Å². The molecule has 8 heteroatoms. The maximum absolute atomic E-state index is 11.6. The Morgan fingerprint density at radius 3 is 2.37 bits per heavy atom. The van der Waals surface area contributed by atoms with Gasteiger partial charge in [0.1, 0.15) is 0 Å². The van der Waals surface area contributed by atoms with Crippen LogP contribution in [0.5, 0.6) is 0 Å². The third kappa shape index (κ3) is 5.12. The van der Waals surface area contributed by atoms with Gasteiger partial charge in [0.2, 0.25) is 5.91 Å². The topological polar surface area (TPSA) is 119 Å². The van der Waals surface area contributed by atoms with Crippen LogP contribution in [0.25, 0.3) is 0 Å². The van der Waals surface area contributed by atoms with E-state index in [-0.39, 0.29) is 18.9 Å². The van der Waals surface area contributed by atoms with Crippen LogP contribution >= 0.6 is 0 Å². The first-order valence-electron chi connectivity index (χ1n) is 6.20. The van der Waals surface area contributed by atoms with E-state index in [4.69, 9.17) is 10.2 Å². The molecule has 108 valence electrons. The molecule has 3 amide bonds. The fraction of sp³-hybridized carbons (Fsp3) is 0.727. The van der Waals surface area contributed by atoms with E-state index in [1.807, 2.05) is 0 Å². The molecule has 1 atom stereocenters. The van der Waals surface area contributed by atoms with Crippen LogP contribution in [0.2, 0.25) is 0 Å². The molecule has 1 rings (SSSR count). The Bertz CT molecular complexity index is 341. The van der Waals surface area contributed by atoms with E-state index >= 15 is 0 Å². The average molecular weight is 273 g/mol. The molecule has 1 heterocycles. The van der Waals surface area contributed by atoms with Crippen molar-refractivity contribution in [3.05, 3.63) is 0 Å².